The molecule has 8 heteroatoms. The fraction of sp³-hybridized carbons (Fsp3) is 0.556. The van der Waals surface area contributed by atoms with E-state index in [9.17, 15) is 14.0 Å². The normalized spacial score (nSPS) is 12.3. The molecule has 1 atom stereocenters. The summed E-state index contributed by atoms with van der Waals surface area (Å²) in [4.78, 5) is 25.2. The number of carbonyl (C=O) groups excluding carboxylic acids is 2. The van der Waals surface area contributed by atoms with Gasteiger partial charge in [-0.05, 0) is 55.3 Å². The summed E-state index contributed by atoms with van der Waals surface area (Å²) in [6.45, 7) is 5.58. The van der Waals surface area contributed by atoms with Gasteiger partial charge in [0.2, 0.25) is 0 Å². The topological polar surface area (TPSA) is 67.9 Å². The first-order valence-electron chi connectivity index (χ1n) is 8.25. The number of hydrogen-bond donors (Lipinski definition) is 1. The molecule has 1 aromatic rings. The van der Waals surface area contributed by atoms with Gasteiger partial charge in [-0.1, -0.05) is 6.07 Å². The lowest BCUT2D eigenvalue weighted by atomic mass is 10.1. The van der Waals surface area contributed by atoms with E-state index in [2.05, 4.69) is 26.0 Å². The molecule has 0 spiro atoms. The van der Waals surface area contributed by atoms with E-state index >= 15 is 0 Å². The Morgan fingerprint density at radius 2 is 2.00 bits per heavy atom. The first kappa shape index (κ1) is 22.2. The van der Waals surface area contributed by atoms with Crippen molar-refractivity contribution in [3.05, 3.63) is 28.5 Å². The van der Waals surface area contributed by atoms with Crippen LogP contribution in [-0.2, 0) is 14.3 Å². The summed E-state index contributed by atoms with van der Waals surface area (Å²) < 4.78 is 24.5. The number of rotatable bonds is 7. The van der Waals surface area contributed by atoms with Crippen LogP contribution in [0.5, 0.6) is 0 Å². The third-order valence-electron chi connectivity index (χ3n) is 3.48. The van der Waals surface area contributed by atoms with Crippen LogP contribution >= 0.6 is 15.9 Å². The van der Waals surface area contributed by atoms with Gasteiger partial charge in [0, 0.05) is 20.0 Å². The van der Waals surface area contributed by atoms with Gasteiger partial charge in [-0.3, -0.25) is 4.79 Å². The van der Waals surface area contributed by atoms with Gasteiger partial charge in [0.1, 0.15) is 5.60 Å². The summed E-state index contributed by atoms with van der Waals surface area (Å²) in [5.41, 5.74) is -0.257. The Balaban J connectivity index is 2.84. The van der Waals surface area contributed by atoms with Gasteiger partial charge < -0.3 is 19.7 Å². The van der Waals surface area contributed by atoms with Crippen molar-refractivity contribution >= 4 is 33.7 Å². The smallest absolute Gasteiger partial charge is 0.407 e. The van der Waals surface area contributed by atoms with E-state index in [1.54, 1.807) is 50.9 Å². The zero-order chi connectivity index (χ0) is 19.9. The van der Waals surface area contributed by atoms with Gasteiger partial charge in [0.05, 0.1) is 23.3 Å². The van der Waals surface area contributed by atoms with Gasteiger partial charge >= 0.3 is 12.1 Å². The summed E-state index contributed by atoms with van der Waals surface area (Å²) >= 11 is 3.16. The minimum absolute atomic E-state index is 0.131. The molecule has 0 saturated carbocycles. The molecule has 0 aliphatic rings. The van der Waals surface area contributed by atoms with E-state index in [1.807, 2.05) is 0 Å². The largest absolute Gasteiger partial charge is 0.469 e. The maximum absolute atomic E-state index is 14.3. The number of nitrogens with zero attached hydrogens (tertiary/aromatic N) is 1. The zero-order valence-electron chi connectivity index (χ0n) is 15.8. The van der Waals surface area contributed by atoms with Crippen molar-refractivity contribution in [2.45, 2.75) is 45.3 Å². The maximum atomic E-state index is 14.3. The molecule has 0 unspecified atom stereocenters. The lowest BCUT2D eigenvalue weighted by Crippen LogP contribution is -2.45. The minimum atomic E-state index is -0.640. The Morgan fingerprint density at radius 1 is 1.35 bits per heavy atom. The van der Waals surface area contributed by atoms with Crippen LogP contribution in [0, 0.1) is 5.82 Å². The van der Waals surface area contributed by atoms with E-state index in [-0.39, 0.29) is 18.2 Å². The molecule has 0 aliphatic carbocycles. The molecule has 0 heterocycles. The van der Waals surface area contributed by atoms with Crippen molar-refractivity contribution in [2.24, 2.45) is 0 Å². The highest BCUT2D eigenvalue weighted by atomic mass is 79.9. The second kappa shape index (κ2) is 9.75. The van der Waals surface area contributed by atoms with E-state index in [0.29, 0.717) is 23.1 Å². The predicted molar refractivity (Wildman–Crippen MR) is 102 cm³/mol. The van der Waals surface area contributed by atoms with Crippen molar-refractivity contribution in [3.63, 3.8) is 0 Å². The molecule has 1 rings (SSSR count). The number of halogens is 2. The number of likely N-dealkylation sites (N-methyl/N-ethyl adjacent to an activating group) is 1. The first-order chi connectivity index (χ1) is 12.0. The Kier molecular flexibility index (Phi) is 8.33. The van der Waals surface area contributed by atoms with Crippen LogP contribution in [0.15, 0.2) is 22.7 Å². The molecule has 0 aromatic heterocycles. The second-order valence-electron chi connectivity index (χ2n) is 6.91. The van der Waals surface area contributed by atoms with E-state index in [1.165, 1.54) is 7.11 Å². The van der Waals surface area contributed by atoms with Crippen LogP contribution in [0.4, 0.5) is 14.9 Å². The molecule has 6 nitrogen and oxygen atoms in total. The molecule has 1 aromatic carbocycles. The summed E-state index contributed by atoms with van der Waals surface area (Å²) in [6.07, 6.45) is -0.118. The third-order valence-corrected chi connectivity index (χ3v) is 4.09. The zero-order valence-corrected chi connectivity index (χ0v) is 17.4. The summed E-state index contributed by atoms with van der Waals surface area (Å²) in [7, 11) is 3.02. The molecule has 0 aliphatic heterocycles. The number of anilines is 1. The molecule has 146 valence electrons. The fourth-order valence-corrected chi connectivity index (χ4v) is 2.65. The number of alkyl carbamates (subject to hydrolysis) is 1. The number of nitrogens with one attached hydrogen (secondary N) is 1. The number of hydrogen-bond acceptors (Lipinski definition) is 5. The molecular weight excluding hydrogens is 407 g/mol. The molecular formula is C18H26BrFN2O4. The van der Waals surface area contributed by atoms with Crippen LogP contribution in [-0.4, -0.2) is 44.4 Å². The van der Waals surface area contributed by atoms with Crippen molar-refractivity contribution in [2.75, 3.05) is 25.6 Å². The average Bonchev–Trinajstić information content (AvgIpc) is 2.52. The highest BCUT2D eigenvalue weighted by Gasteiger charge is 2.22. The Morgan fingerprint density at radius 3 is 2.58 bits per heavy atom. The van der Waals surface area contributed by atoms with Crippen LogP contribution in [0.2, 0.25) is 0 Å². The molecule has 0 fully saturated rings. The summed E-state index contributed by atoms with van der Waals surface area (Å²) in [5, 5.41) is 2.74. The van der Waals surface area contributed by atoms with Crippen molar-refractivity contribution in [3.8, 4) is 0 Å². The van der Waals surface area contributed by atoms with Crippen molar-refractivity contribution < 1.29 is 23.5 Å². The molecule has 26 heavy (non-hydrogen) atoms. The number of amides is 1. The van der Waals surface area contributed by atoms with Crippen LogP contribution in [0.1, 0.15) is 33.6 Å². The van der Waals surface area contributed by atoms with Gasteiger partial charge in [0.25, 0.3) is 0 Å². The minimum Gasteiger partial charge on any atom is -0.469 e. The highest BCUT2D eigenvalue weighted by molar-refractivity contribution is 9.10. The second-order valence-corrected chi connectivity index (χ2v) is 7.77. The third kappa shape index (κ3) is 7.59. The average molecular weight is 433 g/mol. The summed E-state index contributed by atoms with van der Waals surface area (Å²) in [5.74, 6) is -0.767. The maximum Gasteiger partial charge on any atom is 0.407 e. The first-order valence-corrected chi connectivity index (χ1v) is 9.04. The number of methoxy groups -OCH3 is 1. The van der Waals surface area contributed by atoms with Gasteiger partial charge in [0.15, 0.2) is 5.82 Å². The summed E-state index contributed by atoms with van der Waals surface area (Å²) in [6, 6.07) is 4.56. The fourth-order valence-electron chi connectivity index (χ4n) is 2.29. The lowest BCUT2D eigenvalue weighted by Gasteiger charge is -2.28. The SMILES string of the molecule is COC(=O)CC[C@@H](CN(C)c1cccc(Br)c1F)NC(=O)OC(C)(C)C. The van der Waals surface area contributed by atoms with E-state index in [4.69, 9.17) is 4.74 Å². The monoisotopic (exact) mass is 432 g/mol. The molecule has 0 saturated heterocycles. The van der Waals surface area contributed by atoms with Crippen LogP contribution < -0.4 is 10.2 Å². The quantitative estimate of drug-likeness (QED) is 0.662. The van der Waals surface area contributed by atoms with E-state index < -0.39 is 17.7 Å². The van der Waals surface area contributed by atoms with Gasteiger partial charge in [-0.15, -0.1) is 0 Å². The number of ether oxygens (including phenoxy) is 2. The lowest BCUT2D eigenvalue weighted by molar-refractivity contribution is -0.140. The number of benzene rings is 1. The number of esters is 1. The van der Waals surface area contributed by atoms with Crippen LogP contribution in [0.3, 0.4) is 0 Å². The van der Waals surface area contributed by atoms with Gasteiger partial charge in [-0.2, -0.15) is 0 Å². The van der Waals surface area contributed by atoms with Crippen LogP contribution in [0.25, 0.3) is 0 Å². The Hall–Kier alpha value is -1.83. The Bertz CT molecular complexity index is 634. The highest BCUT2D eigenvalue weighted by Crippen LogP contribution is 2.25. The van der Waals surface area contributed by atoms with Crippen molar-refractivity contribution in [1.82, 2.24) is 5.32 Å². The molecule has 1 N–H and O–H groups in total. The van der Waals surface area contributed by atoms with E-state index in [0.717, 1.165) is 0 Å². The van der Waals surface area contributed by atoms with Crippen molar-refractivity contribution in [1.29, 1.82) is 0 Å². The van der Waals surface area contributed by atoms with Gasteiger partial charge in [-0.25, -0.2) is 9.18 Å². The Labute approximate surface area is 162 Å². The molecule has 1 amide bonds. The number of carbonyl (C=O) groups is 2. The molecule has 0 radical (unpaired) electrons. The predicted octanol–water partition coefficient (Wildman–Crippen LogP) is 3.87. The standard InChI is InChI=1S/C18H26BrFN2O4/c1-18(2,3)26-17(24)21-12(9-10-15(23)25-5)11-22(4)14-8-6-7-13(19)16(14)20/h6-8,12H,9-11H2,1-5H3,(H,21,24)/t12-/m0/s1. The molecule has 0 bridgehead atoms.